The third-order valence-electron chi connectivity index (χ3n) is 3.75. The van der Waals surface area contributed by atoms with E-state index in [1.165, 1.54) is 19.2 Å². The van der Waals surface area contributed by atoms with Crippen LogP contribution in [-0.4, -0.2) is 27.4 Å². The fraction of sp³-hybridized carbons (Fsp3) is 0.267. The Morgan fingerprint density at radius 3 is 2.73 bits per heavy atom. The Labute approximate surface area is 128 Å². The molecule has 116 valence electrons. The van der Waals surface area contributed by atoms with Gasteiger partial charge in [-0.05, 0) is 44.2 Å². The number of hydrogen-bond donors (Lipinski definition) is 1. The molecule has 22 heavy (non-hydrogen) atoms. The van der Waals surface area contributed by atoms with Gasteiger partial charge in [-0.2, -0.15) is 0 Å². The van der Waals surface area contributed by atoms with Crippen LogP contribution >= 0.6 is 0 Å². The molecule has 0 saturated carbocycles. The molecule has 0 bridgehead atoms. The maximum absolute atomic E-state index is 12.7. The van der Waals surface area contributed by atoms with Crippen molar-refractivity contribution in [3.05, 3.63) is 47.7 Å². The molecule has 1 aromatic heterocycles. The molecule has 1 atom stereocenters. The van der Waals surface area contributed by atoms with E-state index in [1.54, 1.807) is 4.90 Å². The molecule has 2 heterocycles. The second-order valence-electron chi connectivity index (χ2n) is 5.18. The van der Waals surface area contributed by atoms with Crippen molar-refractivity contribution in [1.29, 1.82) is 0 Å². The summed E-state index contributed by atoms with van der Waals surface area (Å²) in [5.41, 5.74) is 1.94. The van der Waals surface area contributed by atoms with Gasteiger partial charge in [0.05, 0.1) is 0 Å². The molecule has 1 aliphatic rings. The molecule has 2 aromatic rings. The van der Waals surface area contributed by atoms with Crippen LogP contribution in [0.5, 0.6) is 0 Å². The molecule has 0 saturated heterocycles. The lowest BCUT2D eigenvalue weighted by molar-refractivity contribution is 0.0949. The summed E-state index contributed by atoms with van der Waals surface area (Å²) in [5, 5.41) is -0.265. The smallest absolute Gasteiger partial charge is 0.294 e. The molecule has 0 radical (unpaired) electrons. The summed E-state index contributed by atoms with van der Waals surface area (Å²) < 4.78 is 30.8. The fourth-order valence-corrected chi connectivity index (χ4v) is 3.32. The number of nitrogens with one attached hydrogen (secondary N) is 1. The number of anilines is 1. The van der Waals surface area contributed by atoms with Gasteiger partial charge in [-0.3, -0.25) is 4.79 Å². The zero-order valence-corrected chi connectivity index (χ0v) is 13.1. The summed E-state index contributed by atoms with van der Waals surface area (Å²) in [5.74, 6) is -0.326. The van der Waals surface area contributed by atoms with Crippen molar-refractivity contribution in [1.82, 2.24) is 4.72 Å². The van der Waals surface area contributed by atoms with Gasteiger partial charge in [0, 0.05) is 11.7 Å². The van der Waals surface area contributed by atoms with Gasteiger partial charge in [0.25, 0.3) is 15.9 Å². The number of sulfonamides is 1. The molecular weight excluding hydrogens is 304 g/mol. The average Bonchev–Trinajstić information content (AvgIpc) is 3.10. The highest BCUT2D eigenvalue weighted by Gasteiger charge is 2.33. The van der Waals surface area contributed by atoms with Crippen LogP contribution in [0.3, 0.4) is 0 Å². The average molecular weight is 320 g/mol. The number of para-hydroxylation sites is 1. The zero-order chi connectivity index (χ0) is 15.9. The van der Waals surface area contributed by atoms with Crippen molar-refractivity contribution in [2.75, 3.05) is 11.9 Å². The van der Waals surface area contributed by atoms with Gasteiger partial charge in [0.2, 0.25) is 5.09 Å². The molecule has 3 rings (SSSR count). The van der Waals surface area contributed by atoms with Crippen LogP contribution in [0.1, 0.15) is 23.0 Å². The molecule has 7 heteroatoms. The lowest BCUT2D eigenvalue weighted by Crippen LogP contribution is -2.35. The molecule has 6 nitrogen and oxygen atoms in total. The van der Waals surface area contributed by atoms with Crippen molar-refractivity contribution < 1.29 is 17.6 Å². The van der Waals surface area contributed by atoms with E-state index < -0.39 is 10.0 Å². The zero-order valence-electron chi connectivity index (χ0n) is 12.2. The number of hydrogen-bond acceptors (Lipinski definition) is 4. The number of fused-ring (bicyclic) bond motifs is 1. The Hall–Kier alpha value is -2.12. The fourth-order valence-electron chi connectivity index (χ4n) is 2.67. The minimum Gasteiger partial charge on any atom is -0.438 e. The van der Waals surface area contributed by atoms with Crippen molar-refractivity contribution in [3.8, 4) is 0 Å². The van der Waals surface area contributed by atoms with E-state index in [9.17, 15) is 13.2 Å². The van der Waals surface area contributed by atoms with E-state index in [0.717, 1.165) is 17.7 Å². The number of amides is 1. The van der Waals surface area contributed by atoms with E-state index in [4.69, 9.17) is 4.42 Å². The number of rotatable bonds is 3. The molecule has 0 fully saturated rings. The minimum atomic E-state index is -3.70. The molecule has 1 N–H and O–H groups in total. The highest BCUT2D eigenvalue weighted by Crippen LogP contribution is 2.33. The van der Waals surface area contributed by atoms with Gasteiger partial charge in [-0.15, -0.1) is 0 Å². The minimum absolute atomic E-state index is 0.000595. The van der Waals surface area contributed by atoms with Gasteiger partial charge < -0.3 is 9.32 Å². The summed E-state index contributed by atoms with van der Waals surface area (Å²) in [6, 6.07) is 10.3. The lowest BCUT2D eigenvalue weighted by atomic mass is 10.1. The standard InChI is InChI=1S/C15H16N2O4S/c1-10-9-11-5-3-4-6-12(11)17(10)15(18)13-7-8-14(21-13)22(19,20)16-2/h3-8,10,16H,9H2,1-2H3/t10-/m0/s1. The van der Waals surface area contributed by atoms with Gasteiger partial charge in [0.15, 0.2) is 5.76 Å². The van der Waals surface area contributed by atoms with Crippen molar-refractivity contribution in [2.24, 2.45) is 0 Å². The van der Waals surface area contributed by atoms with Crippen molar-refractivity contribution >= 4 is 21.6 Å². The SMILES string of the molecule is CNS(=O)(=O)c1ccc(C(=O)N2c3ccccc3C[C@@H]2C)o1. The van der Waals surface area contributed by atoms with Crippen LogP contribution in [0.15, 0.2) is 45.9 Å². The number of carbonyl (C=O) groups excluding carboxylic acids is 1. The lowest BCUT2D eigenvalue weighted by Gasteiger charge is -2.21. The highest BCUT2D eigenvalue weighted by molar-refractivity contribution is 7.89. The Morgan fingerprint density at radius 2 is 2.00 bits per heavy atom. The van der Waals surface area contributed by atoms with E-state index in [-0.39, 0.29) is 22.8 Å². The molecule has 1 amide bonds. The third-order valence-corrected chi connectivity index (χ3v) is 5.04. The van der Waals surface area contributed by atoms with Crippen LogP contribution in [-0.2, 0) is 16.4 Å². The normalized spacial score (nSPS) is 17.5. The van der Waals surface area contributed by atoms with Gasteiger partial charge >= 0.3 is 0 Å². The van der Waals surface area contributed by atoms with E-state index in [0.29, 0.717) is 0 Å². The Morgan fingerprint density at radius 1 is 1.27 bits per heavy atom. The van der Waals surface area contributed by atoms with E-state index in [2.05, 4.69) is 4.72 Å². The van der Waals surface area contributed by atoms with Crippen molar-refractivity contribution in [3.63, 3.8) is 0 Å². The monoisotopic (exact) mass is 320 g/mol. The van der Waals surface area contributed by atoms with Crippen molar-refractivity contribution in [2.45, 2.75) is 24.5 Å². The predicted molar refractivity (Wildman–Crippen MR) is 81.4 cm³/mol. The summed E-state index contributed by atoms with van der Waals surface area (Å²) in [4.78, 5) is 14.3. The number of nitrogens with zero attached hydrogens (tertiary/aromatic N) is 1. The van der Waals surface area contributed by atoms with Gasteiger partial charge in [0.1, 0.15) is 0 Å². The molecule has 1 aromatic carbocycles. The molecule has 0 aliphatic carbocycles. The van der Waals surface area contributed by atoms with E-state index >= 15 is 0 Å². The first kappa shape index (κ1) is 14.8. The summed E-state index contributed by atoms with van der Waals surface area (Å²) in [7, 11) is -2.41. The second-order valence-corrected chi connectivity index (χ2v) is 7.00. The van der Waals surface area contributed by atoms with E-state index in [1.807, 2.05) is 31.2 Å². The van der Waals surface area contributed by atoms with Gasteiger partial charge in [-0.25, -0.2) is 13.1 Å². The summed E-state index contributed by atoms with van der Waals surface area (Å²) in [6.07, 6.45) is 0.768. The maximum Gasteiger partial charge on any atom is 0.294 e. The summed E-state index contributed by atoms with van der Waals surface area (Å²) in [6.45, 7) is 1.95. The first-order valence-corrected chi connectivity index (χ1v) is 8.37. The molecule has 1 aliphatic heterocycles. The number of benzene rings is 1. The van der Waals surface area contributed by atoms with Crippen LogP contribution in [0.4, 0.5) is 5.69 Å². The Bertz CT molecular complexity index is 826. The highest BCUT2D eigenvalue weighted by atomic mass is 32.2. The quantitative estimate of drug-likeness (QED) is 0.935. The topological polar surface area (TPSA) is 79.6 Å². The first-order chi connectivity index (χ1) is 10.4. The largest absolute Gasteiger partial charge is 0.438 e. The Kier molecular flexibility index (Phi) is 3.54. The molecule has 0 unspecified atom stereocenters. The molecular formula is C15H16N2O4S. The second kappa shape index (κ2) is 5.26. The third kappa shape index (κ3) is 2.32. The van der Waals surface area contributed by atoms with Gasteiger partial charge in [-0.1, -0.05) is 18.2 Å². The van der Waals surface area contributed by atoms with Crippen LogP contribution in [0.2, 0.25) is 0 Å². The Balaban J connectivity index is 1.96. The van der Waals surface area contributed by atoms with Crippen LogP contribution < -0.4 is 9.62 Å². The molecule has 0 spiro atoms. The first-order valence-electron chi connectivity index (χ1n) is 6.89. The van der Waals surface area contributed by atoms with Crippen LogP contribution in [0.25, 0.3) is 0 Å². The summed E-state index contributed by atoms with van der Waals surface area (Å²) >= 11 is 0. The number of furan rings is 1. The van der Waals surface area contributed by atoms with Crippen LogP contribution in [0, 0.1) is 0 Å². The number of carbonyl (C=O) groups is 1. The predicted octanol–water partition coefficient (Wildman–Crippen LogP) is 1.78. The maximum atomic E-state index is 12.7.